The molecule has 33 heavy (non-hydrogen) atoms. The second-order valence-electron chi connectivity index (χ2n) is 7.64. The van der Waals surface area contributed by atoms with Gasteiger partial charge in [0, 0.05) is 17.4 Å². The summed E-state index contributed by atoms with van der Waals surface area (Å²) in [6.45, 7) is 3.21. The number of anilines is 1. The Labute approximate surface area is 201 Å². The Morgan fingerprint density at radius 1 is 1.03 bits per heavy atom. The fourth-order valence-electron chi connectivity index (χ4n) is 3.10. The van der Waals surface area contributed by atoms with Crippen LogP contribution in [-0.2, 0) is 33.8 Å². The van der Waals surface area contributed by atoms with Crippen molar-refractivity contribution in [2.75, 3.05) is 5.32 Å². The van der Waals surface area contributed by atoms with E-state index in [0.29, 0.717) is 27.6 Å². The molecule has 3 aromatic rings. The van der Waals surface area contributed by atoms with Crippen molar-refractivity contribution in [3.05, 3.63) is 86.8 Å². The third-order valence-electron chi connectivity index (χ3n) is 4.92. The first-order chi connectivity index (χ1) is 15.7. The van der Waals surface area contributed by atoms with Crippen LogP contribution < -0.4 is 11.1 Å². The zero-order valence-corrected chi connectivity index (χ0v) is 20.0. The third-order valence-corrected chi connectivity index (χ3v) is 6.36. The highest BCUT2D eigenvalue weighted by Crippen LogP contribution is 2.32. The summed E-state index contributed by atoms with van der Waals surface area (Å²) in [6, 6.07) is 15.8. The fraction of sp³-hybridized carbons (Fsp3) is 0.240. The molecular weight excluding hydrogens is 460 g/mol. The molecule has 8 heteroatoms. The standard InChI is InChI=1S/C25H25ClN2O4S/c1-15(27)24(31)28-25-21(23(30)20-5-3-4-6-22(20)26)13-19(33-25)12-11-17-7-9-18(10-8-17)14-32-16(2)29/h3-10,13,15H,11-12,14,27H2,1-2H3,(H,28,31)/t15-/m0/s1. The number of amides is 1. The second-order valence-corrected chi connectivity index (χ2v) is 9.18. The van der Waals surface area contributed by atoms with E-state index in [1.165, 1.54) is 18.3 Å². The highest BCUT2D eigenvalue weighted by molar-refractivity contribution is 7.16. The summed E-state index contributed by atoms with van der Waals surface area (Å²) < 4.78 is 5.01. The minimum Gasteiger partial charge on any atom is -0.461 e. The maximum Gasteiger partial charge on any atom is 0.302 e. The quantitative estimate of drug-likeness (QED) is 0.337. The molecule has 1 amide bonds. The number of esters is 1. The molecule has 0 saturated heterocycles. The SMILES string of the molecule is CC(=O)OCc1ccc(CCc2cc(C(=O)c3ccccc3Cl)c(NC(=O)[C@H](C)N)s2)cc1. The van der Waals surface area contributed by atoms with E-state index in [0.717, 1.165) is 22.4 Å². The first-order valence-electron chi connectivity index (χ1n) is 10.4. The van der Waals surface area contributed by atoms with E-state index >= 15 is 0 Å². The highest BCUT2D eigenvalue weighted by Gasteiger charge is 2.22. The van der Waals surface area contributed by atoms with Gasteiger partial charge < -0.3 is 15.8 Å². The molecule has 6 nitrogen and oxygen atoms in total. The number of thiophene rings is 1. The summed E-state index contributed by atoms with van der Waals surface area (Å²) in [7, 11) is 0. The molecule has 0 saturated carbocycles. The van der Waals surface area contributed by atoms with Crippen LogP contribution in [0.3, 0.4) is 0 Å². The van der Waals surface area contributed by atoms with Crippen molar-refractivity contribution < 1.29 is 19.1 Å². The van der Waals surface area contributed by atoms with Gasteiger partial charge in [0.15, 0.2) is 5.78 Å². The Balaban J connectivity index is 1.78. The zero-order valence-electron chi connectivity index (χ0n) is 18.4. The topological polar surface area (TPSA) is 98.5 Å². The van der Waals surface area contributed by atoms with Gasteiger partial charge in [0.25, 0.3) is 0 Å². The monoisotopic (exact) mass is 484 g/mol. The van der Waals surface area contributed by atoms with Gasteiger partial charge in [-0.2, -0.15) is 0 Å². The smallest absolute Gasteiger partial charge is 0.302 e. The Morgan fingerprint density at radius 3 is 2.33 bits per heavy atom. The van der Waals surface area contributed by atoms with Crippen LogP contribution in [0.2, 0.25) is 5.02 Å². The zero-order chi connectivity index (χ0) is 24.0. The van der Waals surface area contributed by atoms with E-state index in [1.807, 2.05) is 30.3 Å². The lowest BCUT2D eigenvalue weighted by atomic mass is 10.0. The number of aryl methyl sites for hydroxylation is 2. The second kappa shape index (κ2) is 11.2. The number of carbonyl (C=O) groups is 3. The number of carbonyl (C=O) groups excluding carboxylic acids is 3. The number of benzene rings is 2. The number of rotatable bonds is 9. The normalized spacial score (nSPS) is 11.6. The van der Waals surface area contributed by atoms with Gasteiger partial charge in [0.2, 0.25) is 5.91 Å². The number of halogens is 1. The van der Waals surface area contributed by atoms with E-state index in [9.17, 15) is 14.4 Å². The van der Waals surface area contributed by atoms with Gasteiger partial charge in [-0.05, 0) is 49.1 Å². The maximum atomic E-state index is 13.2. The maximum absolute atomic E-state index is 13.2. The number of ketones is 1. The number of hydrogen-bond donors (Lipinski definition) is 2. The molecule has 0 bridgehead atoms. The van der Waals surface area contributed by atoms with Crippen LogP contribution in [0.15, 0.2) is 54.6 Å². The van der Waals surface area contributed by atoms with Crippen LogP contribution in [0.1, 0.15) is 45.8 Å². The lowest BCUT2D eigenvalue weighted by molar-refractivity contribution is -0.142. The molecule has 0 aliphatic rings. The van der Waals surface area contributed by atoms with Crippen LogP contribution in [0, 0.1) is 0 Å². The van der Waals surface area contributed by atoms with Crippen LogP contribution >= 0.6 is 22.9 Å². The molecule has 0 radical (unpaired) electrons. The molecule has 0 aliphatic carbocycles. The van der Waals surface area contributed by atoms with Gasteiger partial charge in [0.05, 0.1) is 16.6 Å². The van der Waals surface area contributed by atoms with E-state index < -0.39 is 6.04 Å². The average Bonchev–Trinajstić information content (AvgIpc) is 3.19. The van der Waals surface area contributed by atoms with Crippen molar-refractivity contribution in [2.45, 2.75) is 39.3 Å². The summed E-state index contributed by atoms with van der Waals surface area (Å²) in [6.07, 6.45) is 1.43. The largest absolute Gasteiger partial charge is 0.461 e. The molecule has 1 heterocycles. The van der Waals surface area contributed by atoms with Gasteiger partial charge in [-0.15, -0.1) is 11.3 Å². The third kappa shape index (κ3) is 6.74. The van der Waals surface area contributed by atoms with Crippen molar-refractivity contribution in [1.29, 1.82) is 0 Å². The van der Waals surface area contributed by atoms with E-state index in [1.54, 1.807) is 31.2 Å². The van der Waals surface area contributed by atoms with E-state index in [2.05, 4.69) is 5.32 Å². The Bertz CT molecular complexity index is 1160. The molecule has 1 aromatic heterocycles. The Hall–Kier alpha value is -3.00. The number of nitrogens with one attached hydrogen (secondary N) is 1. The number of nitrogens with two attached hydrogens (primary N) is 1. The lowest BCUT2D eigenvalue weighted by Crippen LogP contribution is -2.32. The molecule has 172 valence electrons. The average molecular weight is 485 g/mol. The fourth-order valence-corrected chi connectivity index (χ4v) is 4.38. The predicted molar refractivity (Wildman–Crippen MR) is 131 cm³/mol. The van der Waals surface area contributed by atoms with E-state index in [-0.39, 0.29) is 24.3 Å². The Kier molecular flexibility index (Phi) is 8.38. The minimum absolute atomic E-state index is 0.247. The van der Waals surface area contributed by atoms with Crippen LogP contribution in [0.5, 0.6) is 0 Å². The molecule has 0 aliphatic heterocycles. The van der Waals surface area contributed by atoms with Crippen molar-refractivity contribution in [2.24, 2.45) is 5.73 Å². The highest BCUT2D eigenvalue weighted by atomic mass is 35.5. The summed E-state index contributed by atoms with van der Waals surface area (Å²) in [5.41, 5.74) is 8.49. The minimum atomic E-state index is -0.704. The first-order valence-corrected chi connectivity index (χ1v) is 11.6. The van der Waals surface area contributed by atoms with Crippen LogP contribution in [0.25, 0.3) is 0 Å². The first kappa shape index (κ1) is 24.6. The van der Waals surface area contributed by atoms with Gasteiger partial charge in [-0.25, -0.2) is 0 Å². The van der Waals surface area contributed by atoms with Crippen molar-refractivity contribution >= 4 is 45.6 Å². The molecule has 0 fully saturated rings. The summed E-state index contributed by atoms with van der Waals surface area (Å²) in [5.74, 6) is -0.927. The van der Waals surface area contributed by atoms with Crippen LogP contribution in [-0.4, -0.2) is 23.7 Å². The van der Waals surface area contributed by atoms with Crippen molar-refractivity contribution in [3.63, 3.8) is 0 Å². The number of hydrogen-bond acceptors (Lipinski definition) is 6. The molecular formula is C25H25ClN2O4S. The van der Waals surface area contributed by atoms with Crippen LogP contribution in [0.4, 0.5) is 5.00 Å². The van der Waals surface area contributed by atoms with Gasteiger partial charge in [0.1, 0.15) is 11.6 Å². The lowest BCUT2D eigenvalue weighted by Gasteiger charge is -2.08. The van der Waals surface area contributed by atoms with E-state index in [4.69, 9.17) is 22.1 Å². The van der Waals surface area contributed by atoms with Gasteiger partial charge in [-0.3, -0.25) is 14.4 Å². The van der Waals surface area contributed by atoms with Gasteiger partial charge >= 0.3 is 5.97 Å². The molecule has 3 N–H and O–H groups in total. The molecule has 0 spiro atoms. The van der Waals surface area contributed by atoms with Crippen molar-refractivity contribution in [1.82, 2.24) is 0 Å². The summed E-state index contributed by atoms with van der Waals surface area (Å²) >= 11 is 7.58. The number of ether oxygens (including phenoxy) is 1. The molecule has 3 rings (SSSR count). The van der Waals surface area contributed by atoms with Crippen molar-refractivity contribution in [3.8, 4) is 0 Å². The molecule has 2 aromatic carbocycles. The molecule has 1 atom stereocenters. The summed E-state index contributed by atoms with van der Waals surface area (Å²) in [5, 5.41) is 3.60. The summed E-state index contributed by atoms with van der Waals surface area (Å²) in [4.78, 5) is 37.3. The van der Waals surface area contributed by atoms with Gasteiger partial charge in [-0.1, -0.05) is 48.0 Å². The predicted octanol–water partition coefficient (Wildman–Crippen LogP) is 4.77. The Morgan fingerprint density at radius 2 is 1.70 bits per heavy atom. The molecule has 0 unspecified atom stereocenters.